The van der Waals surface area contributed by atoms with Crippen LogP contribution in [0.2, 0.25) is 9.75 Å². The van der Waals surface area contributed by atoms with Crippen LogP contribution >= 0.6 is 34.5 Å². The predicted octanol–water partition coefficient (Wildman–Crippen LogP) is 1.89. The summed E-state index contributed by atoms with van der Waals surface area (Å²) < 4.78 is 0.200. The van der Waals surface area contributed by atoms with Crippen LogP contribution in [-0.4, -0.2) is 26.1 Å². The van der Waals surface area contributed by atoms with Crippen LogP contribution in [0.4, 0.5) is 5.82 Å². The monoisotopic (exact) mass is 275 g/mol. The summed E-state index contributed by atoms with van der Waals surface area (Å²) in [4.78, 5) is 19.0. The van der Waals surface area contributed by atoms with Gasteiger partial charge in [0.15, 0.2) is 0 Å². The second kappa shape index (κ2) is 4.69. The molecule has 0 aliphatic heterocycles. The molecule has 0 saturated heterocycles. The molecule has 2 heterocycles. The zero-order valence-corrected chi connectivity index (χ0v) is 9.84. The molecule has 0 atom stereocenters. The maximum Gasteiger partial charge on any atom is 0.287 e. The zero-order chi connectivity index (χ0) is 11.5. The molecule has 0 spiro atoms. The molecule has 1 N–H and O–H groups in total. The minimum Gasteiger partial charge on any atom is -0.304 e. The molecule has 6 nitrogen and oxygen atoms in total. The molecule has 0 unspecified atom stereocenters. The summed E-state index contributed by atoms with van der Waals surface area (Å²) >= 11 is 12.1. The van der Waals surface area contributed by atoms with Gasteiger partial charge in [-0.15, -0.1) is 10.2 Å². The van der Waals surface area contributed by atoms with Crippen molar-refractivity contribution >= 4 is 46.3 Å². The van der Waals surface area contributed by atoms with Crippen molar-refractivity contribution in [3.63, 3.8) is 0 Å². The average Bonchev–Trinajstić information content (AvgIpc) is 2.65. The number of carbonyl (C=O) groups is 1. The van der Waals surface area contributed by atoms with Gasteiger partial charge in [0.25, 0.3) is 5.91 Å². The third kappa shape index (κ3) is 2.63. The molecule has 9 heteroatoms. The average molecular weight is 276 g/mol. The summed E-state index contributed by atoms with van der Waals surface area (Å²) in [5.74, 6) is -0.157. The number of aromatic nitrogens is 4. The molecule has 0 saturated carbocycles. The lowest BCUT2D eigenvalue weighted by Gasteiger charge is -2.00. The molecule has 82 valence electrons. The Hall–Kier alpha value is -1.31. The van der Waals surface area contributed by atoms with Crippen molar-refractivity contribution < 1.29 is 4.79 Å². The number of hydrogen-bond acceptors (Lipinski definition) is 6. The van der Waals surface area contributed by atoms with Gasteiger partial charge >= 0.3 is 0 Å². The third-order valence-electron chi connectivity index (χ3n) is 1.46. The van der Waals surface area contributed by atoms with E-state index in [0.717, 1.165) is 11.3 Å². The lowest BCUT2D eigenvalue weighted by atomic mass is 10.5. The first-order chi connectivity index (χ1) is 7.65. The predicted molar refractivity (Wildman–Crippen MR) is 59.9 cm³/mol. The Morgan fingerprint density at radius 1 is 1.38 bits per heavy atom. The highest BCUT2D eigenvalue weighted by atomic mass is 35.5. The molecular weight excluding hydrogens is 273 g/mol. The topological polar surface area (TPSA) is 80.7 Å². The zero-order valence-electron chi connectivity index (χ0n) is 7.52. The Morgan fingerprint density at radius 2 is 2.19 bits per heavy atom. The maximum atomic E-state index is 11.6. The summed E-state index contributed by atoms with van der Waals surface area (Å²) in [5.41, 5.74) is 0. The fourth-order valence-electron chi connectivity index (χ4n) is 0.871. The first-order valence-corrected chi connectivity index (χ1v) is 5.51. The highest BCUT2D eigenvalue weighted by Crippen LogP contribution is 2.16. The van der Waals surface area contributed by atoms with Gasteiger partial charge in [-0.05, 0) is 29.3 Å². The molecule has 0 aliphatic rings. The van der Waals surface area contributed by atoms with Crippen molar-refractivity contribution in [1.82, 2.24) is 20.2 Å². The molecule has 0 radical (unpaired) electrons. The van der Waals surface area contributed by atoms with Crippen LogP contribution < -0.4 is 5.32 Å². The molecule has 1 amide bonds. The van der Waals surface area contributed by atoms with Crippen LogP contribution in [0.1, 0.15) is 9.80 Å². The van der Waals surface area contributed by atoms with E-state index < -0.39 is 5.91 Å². The van der Waals surface area contributed by atoms with Crippen LogP contribution in [0, 0.1) is 0 Å². The second-order valence-electron chi connectivity index (χ2n) is 2.53. The van der Waals surface area contributed by atoms with Crippen LogP contribution in [-0.2, 0) is 0 Å². The number of hydrogen-bond donors (Lipinski definition) is 1. The molecule has 16 heavy (non-hydrogen) atoms. The van der Waals surface area contributed by atoms with E-state index in [9.17, 15) is 4.79 Å². The van der Waals surface area contributed by atoms with E-state index >= 15 is 0 Å². The summed E-state index contributed by atoms with van der Waals surface area (Å²) in [6.45, 7) is 0. The largest absolute Gasteiger partial charge is 0.304 e. The first-order valence-electron chi connectivity index (χ1n) is 3.94. The van der Waals surface area contributed by atoms with Gasteiger partial charge in [0.05, 0.1) is 0 Å². The van der Waals surface area contributed by atoms with E-state index in [-0.39, 0.29) is 20.6 Å². The van der Waals surface area contributed by atoms with Crippen molar-refractivity contribution in [2.75, 3.05) is 5.32 Å². The second-order valence-corrected chi connectivity index (χ2v) is 4.42. The number of amides is 1. The normalized spacial score (nSPS) is 10.1. The van der Waals surface area contributed by atoms with Crippen molar-refractivity contribution in [2.24, 2.45) is 0 Å². The van der Waals surface area contributed by atoms with Crippen LogP contribution in [0.5, 0.6) is 0 Å². The van der Waals surface area contributed by atoms with Gasteiger partial charge < -0.3 is 5.32 Å². The van der Waals surface area contributed by atoms with Crippen molar-refractivity contribution in [3.05, 3.63) is 27.0 Å². The number of halogens is 2. The standard InChI is InChI=1S/C7H3Cl2N5OS/c8-6-10-2-1-3(12-6)11-4(15)5-13-14-7(9)16-5/h1-2H,(H,10,11,12,15). The van der Waals surface area contributed by atoms with Gasteiger partial charge in [-0.25, -0.2) is 9.97 Å². The van der Waals surface area contributed by atoms with Crippen molar-refractivity contribution in [3.8, 4) is 0 Å². The van der Waals surface area contributed by atoms with Gasteiger partial charge in [0.2, 0.25) is 14.8 Å². The number of rotatable bonds is 2. The molecule has 0 aromatic carbocycles. The number of anilines is 1. The molecule has 0 aliphatic carbocycles. The molecule has 2 aromatic heterocycles. The molecule has 0 bridgehead atoms. The Balaban J connectivity index is 2.13. The summed E-state index contributed by atoms with van der Waals surface area (Å²) in [6, 6.07) is 1.51. The van der Waals surface area contributed by atoms with E-state index in [1.807, 2.05) is 0 Å². The first kappa shape index (κ1) is 11.2. The Bertz CT molecular complexity index is 531. The van der Waals surface area contributed by atoms with E-state index in [2.05, 4.69) is 25.5 Å². The van der Waals surface area contributed by atoms with Crippen molar-refractivity contribution in [2.45, 2.75) is 0 Å². The molecule has 2 aromatic rings. The number of nitrogens with one attached hydrogen (secondary N) is 1. The van der Waals surface area contributed by atoms with E-state index in [1.165, 1.54) is 12.3 Å². The molecular formula is C7H3Cl2N5OS. The van der Waals surface area contributed by atoms with Gasteiger partial charge in [-0.3, -0.25) is 4.79 Å². The van der Waals surface area contributed by atoms with Gasteiger partial charge in [-0.2, -0.15) is 0 Å². The van der Waals surface area contributed by atoms with Gasteiger partial charge in [0.1, 0.15) is 5.82 Å². The lowest BCUT2D eigenvalue weighted by Crippen LogP contribution is -2.12. The summed E-state index contributed by atoms with van der Waals surface area (Å²) in [6.07, 6.45) is 1.43. The minimum absolute atomic E-state index is 0.0492. The third-order valence-corrected chi connectivity index (χ3v) is 2.66. The van der Waals surface area contributed by atoms with E-state index in [0.29, 0.717) is 0 Å². The lowest BCUT2D eigenvalue weighted by molar-refractivity contribution is 0.102. The van der Waals surface area contributed by atoms with E-state index in [4.69, 9.17) is 23.2 Å². The van der Waals surface area contributed by atoms with Gasteiger partial charge in [-0.1, -0.05) is 11.3 Å². The highest BCUT2D eigenvalue weighted by Gasteiger charge is 2.12. The quantitative estimate of drug-likeness (QED) is 0.847. The van der Waals surface area contributed by atoms with Crippen LogP contribution in [0.15, 0.2) is 12.3 Å². The maximum absolute atomic E-state index is 11.6. The summed E-state index contributed by atoms with van der Waals surface area (Å²) in [5, 5.41) is 9.78. The highest BCUT2D eigenvalue weighted by molar-refractivity contribution is 7.17. The Morgan fingerprint density at radius 3 is 2.81 bits per heavy atom. The van der Waals surface area contributed by atoms with Gasteiger partial charge in [0, 0.05) is 6.20 Å². The van der Waals surface area contributed by atoms with Crippen LogP contribution in [0.25, 0.3) is 0 Å². The number of carbonyl (C=O) groups excluding carboxylic acids is 1. The SMILES string of the molecule is O=C(Nc1ccnc(Cl)n1)c1nnc(Cl)s1. The summed E-state index contributed by atoms with van der Waals surface area (Å²) in [7, 11) is 0. The fourth-order valence-corrected chi connectivity index (χ4v) is 1.74. The van der Waals surface area contributed by atoms with Crippen molar-refractivity contribution in [1.29, 1.82) is 0 Å². The smallest absolute Gasteiger partial charge is 0.287 e. The number of nitrogens with zero attached hydrogens (tertiary/aromatic N) is 4. The Kier molecular flexibility index (Phi) is 3.28. The van der Waals surface area contributed by atoms with E-state index in [1.54, 1.807) is 0 Å². The van der Waals surface area contributed by atoms with Crippen LogP contribution in [0.3, 0.4) is 0 Å². The fraction of sp³-hybridized carbons (Fsp3) is 0. The molecule has 2 rings (SSSR count). The Labute approximate surface area is 104 Å². The molecule has 0 fully saturated rings. The minimum atomic E-state index is -0.445.